The van der Waals surface area contributed by atoms with Gasteiger partial charge in [0.2, 0.25) is 5.91 Å². The summed E-state index contributed by atoms with van der Waals surface area (Å²) in [5, 5.41) is 6.31. The highest BCUT2D eigenvalue weighted by molar-refractivity contribution is 6.31. The fraction of sp³-hybridized carbons (Fsp3) is 0.579. The molecule has 25 heavy (non-hydrogen) atoms. The first-order valence-corrected chi connectivity index (χ1v) is 9.00. The lowest BCUT2D eigenvalue weighted by Crippen LogP contribution is -2.33. The van der Waals surface area contributed by atoms with E-state index in [-0.39, 0.29) is 11.8 Å². The van der Waals surface area contributed by atoms with Crippen molar-refractivity contribution in [2.24, 2.45) is 5.92 Å². The molecule has 0 unspecified atom stereocenters. The molecule has 0 saturated heterocycles. The average molecular weight is 369 g/mol. The van der Waals surface area contributed by atoms with Crippen LogP contribution in [0.5, 0.6) is 0 Å². The fourth-order valence-electron chi connectivity index (χ4n) is 2.20. The first kappa shape index (κ1) is 21.3. The van der Waals surface area contributed by atoms with Crippen molar-refractivity contribution >= 4 is 29.3 Å². The molecule has 0 fully saturated rings. The zero-order valence-corrected chi connectivity index (χ0v) is 16.5. The van der Waals surface area contributed by atoms with Crippen molar-refractivity contribution in [2.45, 2.75) is 59.5 Å². The lowest BCUT2D eigenvalue weighted by Gasteiger charge is -2.19. The summed E-state index contributed by atoms with van der Waals surface area (Å²) >= 11 is 5.98. The van der Waals surface area contributed by atoms with Crippen LogP contribution in [0.4, 0.5) is 10.5 Å². The third-order valence-corrected chi connectivity index (χ3v) is 4.03. The van der Waals surface area contributed by atoms with Gasteiger partial charge in [-0.2, -0.15) is 0 Å². The van der Waals surface area contributed by atoms with Gasteiger partial charge in [-0.15, -0.1) is 0 Å². The van der Waals surface area contributed by atoms with E-state index < -0.39 is 11.7 Å². The summed E-state index contributed by atoms with van der Waals surface area (Å²) in [6.07, 6.45) is 2.01. The molecular formula is C19H29ClN2O3. The molecule has 1 atom stereocenters. The first-order valence-electron chi connectivity index (χ1n) is 8.62. The maximum absolute atomic E-state index is 12.2. The van der Waals surface area contributed by atoms with Crippen LogP contribution in [0.15, 0.2) is 18.2 Å². The molecular weight excluding hydrogens is 340 g/mol. The van der Waals surface area contributed by atoms with E-state index in [4.69, 9.17) is 16.3 Å². The van der Waals surface area contributed by atoms with Crippen molar-refractivity contribution in [3.8, 4) is 0 Å². The van der Waals surface area contributed by atoms with Gasteiger partial charge in [0.05, 0.1) is 0 Å². The second-order valence-electron chi connectivity index (χ2n) is 7.28. The second kappa shape index (κ2) is 9.66. The van der Waals surface area contributed by atoms with Crippen LogP contribution in [0.25, 0.3) is 0 Å². The SMILES string of the molecule is Cc1cc(NC(=O)[C@@H](C)CCCCNC(=O)OC(C)(C)C)ccc1Cl. The Morgan fingerprint density at radius 1 is 1.24 bits per heavy atom. The molecule has 1 aromatic carbocycles. The number of benzene rings is 1. The van der Waals surface area contributed by atoms with Gasteiger partial charge in [0.1, 0.15) is 5.60 Å². The molecule has 5 nitrogen and oxygen atoms in total. The van der Waals surface area contributed by atoms with Crippen molar-refractivity contribution in [1.82, 2.24) is 5.32 Å². The van der Waals surface area contributed by atoms with E-state index in [9.17, 15) is 9.59 Å². The Balaban J connectivity index is 2.25. The molecule has 1 rings (SSSR count). The van der Waals surface area contributed by atoms with Crippen LogP contribution in [0.2, 0.25) is 5.02 Å². The molecule has 0 bridgehead atoms. The molecule has 0 aliphatic heterocycles. The Hall–Kier alpha value is -1.75. The van der Waals surface area contributed by atoms with E-state index >= 15 is 0 Å². The van der Waals surface area contributed by atoms with Crippen LogP contribution < -0.4 is 10.6 Å². The van der Waals surface area contributed by atoms with Crippen molar-refractivity contribution in [2.75, 3.05) is 11.9 Å². The molecule has 0 saturated carbocycles. The van der Waals surface area contributed by atoms with Crippen molar-refractivity contribution in [1.29, 1.82) is 0 Å². The van der Waals surface area contributed by atoms with Crippen molar-refractivity contribution in [3.63, 3.8) is 0 Å². The Kier molecular flexibility index (Phi) is 8.23. The Morgan fingerprint density at radius 2 is 1.92 bits per heavy atom. The summed E-state index contributed by atoms with van der Waals surface area (Å²) in [4.78, 5) is 23.7. The number of alkyl carbamates (subject to hydrolysis) is 1. The minimum absolute atomic E-state index is 0.0122. The lowest BCUT2D eigenvalue weighted by atomic mass is 10.0. The summed E-state index contributed by atoms with van der Waals surface area (Å²) in [6.45, 7) is 9.83. The molecule has 6 heteroatoms. The number of hydrogen-bond acceptors (Lipinski definition) is 3. The summed E-state index contributed by atoms with van der Waals surface area (Å²) in [6, 6.07) is 5.43. The second-order valence-corrected chi connectivity index (χ2v) is 7.69. The quantitative estimate of drug-likeness (QED) is 0.671. The molecule has 0 aromatic heterocycles. The van der Waals surface area contributed by atoms with Gasteiger partial charge in [0, 0.05) is 23.2 Å². The molecule has 140 valence electrons. The molecule has 0 spiro atoms. The van der Waals surface area contributed by atoms with Crippen molar-refractivity contribution in [3.05, 3.63) is 28.8 Å². The van der Waals surface area contributed by atoms with Crippen LogP contribution in [-0.4, -0.2) is 24.1 Å². The predicted octanol–water partition coefficient (Wildman–Crippen LogP) is 4.92. The number of nitrogens with one attached hydrogen (secondary N) is 2. The van der Waals surface area contributed by atoms with Gasteiger partial charge in [-0.25, -0.2) is 4.79 Å². The number of hydrogen-bond donors (Lipinski definition) is 2. The van der Waals surface area contributed by atoms with Gasteiger partial charge in [0.15, 0.2) is 0 Å². The normalized spacial score (nSPS) is 12.4. The number of halogens is 1. The Bertz CT molecular complexity index is 597. The van der Waals surface area contributed by atoms with Gasteiger partial charge in [-0.05, 0) is 64.3 Å². The van der Waals surface area contributed by atoms with Gasteiger partial charge in [-0.1, -0.05) is 24.9 Å². The zero-order chi connectivity index (χ0) is 19.0. The molecule has 0 aliphatic carbocycles. The smallest absolute Gasteiger partial charge is 0.407 e. The first-order chi connectivity index (χ1) is 11.6. The number of ether oxygens (including phenoxy) is 1. The standard InChI is InChI=1S/C19H29ClN2O3/c1-13(8-6-7-11-21-18(24)25-19(3,4)5)17(23)22-15-9-10-16(20)14(2)12-15/h9-10,12-13H,6-8,11H2,1-5H3,(H,21,24)(H,22,23)/t13-/m0/s1. The summed E-state index contributed by atoms with van der Waals surface area (Å²) < 4.78 is 5.16. The number of carbonyl (C=O) groups is 2. The van der Waals surface area contributed by atoms with E-state index in [0.29, 0.717) is 11.6 Å². The van der Waals surface area contributed by atoms with Gasteiger partial charge in [-0.3, -0.25) is 4.79 Å². The summed E-state index contributed by atoms with van der Waals surface area (Å²) in [5.74, 6) is -0.112. The van der Waals surface area contributed by atoms with Gasteiger partial charge < -0.3 is 15.4 Å². The minimum Gasteiger partial charge on any atom is -0.444 e. The highest BCUT2D eigenvalue weighted by Gasteiger charge is 2.16. The maximum atomic E-state index is 12.2. The van der Waals surface area contributed by atoms with Gasteiger partial charge in [0.25, 0.3) is 0 Å². The van der Waals surface area contributed by atoms with E-state index in [2.05, 4.69) is 10.6 Å². The van der Waals surface area contributed by atoms with E-state index in [1.165, 1.54) is 0 Å². The highest BCUT2D eigenvalue weighted by atomic mass is 35.5. The topological polar surface area (TPSA) is 67.4 Å². The average Bonchev–Trinajstić information content (AvgIpc) is 2.48. The summed E-state index contributed by atoms with van der Waals surface area (Å²) in [5.41, 5.74) is 1.20. The van der Waals surface area contributed by atoms with Crippen LogP contribution in [0.1, 0.15) is 52.5 Å². The Morgan fingerprint density at radius 3 is 2.52 bits per heavy atom. The van der Waals surface area contributed by atoms with E-state index in [1.54, 1.807) is 12.1 Å². The lowest BCUT2D eigenvalue weighted by molar-refractivity contribution is -0.119. The third-order valence-electron chi connectivity index (χ3n) is 3.61. The third kappa shape index (κ3) is 8.77. The van der Waals surface area contributed by atoms with Crippen LogP contribution in [-0.2, 0) is 9.53 Å². The molecule has 0 radical (unpaired) electrons. The maximum Gasteiger partial charge on any atom is 0.407 e. The fourth-order valence-corrected chi connectivity index (χ4v) is 2.32. The van der Waals surface area contributed by atoms with Crippen molar-refractivity contribution < 1.29 is 14.3 Å². The van der Waals surface area contributed by atoms with Crippen LogP contribution in [0.3, 0.4) is 0 Å². The number of carbonyl (C=O) groups excluding carboxylic acids is 2. The number of amides is 2. The largest absolute Gasteiger partial charge is 0.444 e. The number of rotatable bonds is 7. The number of aryl methyl sites for hydroxylation is 1. The Labute approximate surface area is 155 Å². The molecule has 0 aliphatic rings. The van der Waals surface area contributed by atoms with E-state index in [1.807, 2.05) is 40.7 Å². The molecule has 2 N–H and O–H groups in total. The number of unbranched alkanes of at least 4 members (excludes halogenated alkanes) is 1. The highest BCUT2D eigenvalue weighted by Crippen LogP contribution is 2.20. The van der Waals surface area contributed by atoms with E-state index in [0.717, 1.165) is 30.5 Å². The zero-order valence-electron chi connectivity index (χ0n) is 15.7. The number of anilines is 1. The van der Waals surface area contributed by atoms with Crippen LogP contribution >= 0.6 is 11.6 Å². The molecule has 0 heterocycles. The molecule has 2 amide bonds. The predicted molar refractivity (Wildman–Crippen MR) is 102 cm³/mol. The summed E-state index contributed by atoms with van der Waals surface area (Å²) in [7, 11) is 0. The minimum atomic E-state index is -0.489. The molecule has 1 aromatic rings. The van der Waals surface area contributed by atoms with Gasteiger partial charge >= 0.3 is 6.09 Å². The van der Waals surface area contributed by atoms with Crippen LogP contribution in [0, 0.1) is 12.8 Å². The monoisotopic (exact) mass is 368 g/mol.